The van der Waals surface area contributed by atoms with Crippen molar-refractivity contribution >= 4 is 17.5 Å². The number of ether oxygens (including phenoxy) is 2. The van der Waals surface area contributed by atoms with Crippen LogP contribution in [0, 0.1) is 6.92 Å². The van der Waals surface area contributed by atoms with Gasteiger partial charge in [-0.15, -0.1) is 0 Å². The van der Waals surface area contributed by atoms with Crippen molar-refractivity contribution < 1.29 is 19.1 Å². The molecule has 0 spiro atoms. The molecule has 0 atom stereocenters. The largest absolute Gasteiger partial charge is 0.497 e. The van der Waals surface area contributed by atoms with Crippen molar-refractivity contribution in [1.29, 1.82) is 0 Å². The minimum absolute atomic E-state index is 0.0153. The predicted octanol–water partition coefficient (Wildman–Crippen LogP) is 1.85. The summed E-state index contributed by atoms with van der Waals surface area (Å²) in [4.78, 5) is 28.3. The van der Waals surface area contributed by atoms with Gasteiger partial charge in [0, 0.05) is 31.9 Å². The van der Waals surface area contributed by atoms with Crippen LogP contribution in [-0.2, 0) is 9.59 Å². The maximum Gasteiger partial charge on any atom is 0.258 e. The Balaban J connectivity index is 1.37. The van der Waals surface area contributed by atoms with Gasteiger partial charge in [0.25, 0.3) is 5.91 Å². The molecule has 0 aromatic heterocycles. The Bertz CT molecular complexity index is 813. The highest BCUT2D eigenvalue weighted by Crippen LogP contribution is 2.20. The van der Waals surface area contributed by atoms with Crippen LogP contribution in [0.2, 0.25) is 0 Å². The van der Waals surface area contributed by atoms with Crippen LogP contribution in [0.4, 0.5) is 5.69 Å². The van der Waals surface area contributed by atoms with Gasteiger partial charge in [0.1, 0.15) is 11.5 Å². The van der Waals surface area contributed by atoms with Crippen LogP contribution < -0.4 is 19.7 Å². The third-order valence-electron chi connectivity index (χ3n) is 4.90. The molecule has 2 aromatic rings. The fourth-order valence-electron chi connectivity index (χ4n) is 3.13. The van der Waals surface area contributed by atoms with Crippen LogP contribution in [0.1, 0.15) is 5.56 Å². The van der Waals surface area contributed by atoms with Gasteiger partial charge in [0.2, 0.25) is 5.91 Å². The molecule has 2 amide bonds. The second-order valence-electron chi connectivity index (χ2n) is 6.94. The summed E-state index contributed by atoms with van der Waals surface area (Å²) in [5.41, 5.74) is 2.24. The molecule has 0 unspecified atom stereocenters. The Labute approximate surface area is 171 Å². The van der Waals surface area contributed by atoms with Crippen LogP contribution in [0.5, 0.6) is 11.5 Å². The minimum atomic E-state index is -0.309. The zero-order valence-electron chi connectivity index (χ0n) is 16.9. The molecule has 7 heteroatoms. The van der Waals surface area contributed by atoms with E-state index in [1.807, 2.05) is 55.5 Å². The number of piperazine rings is 1. The summed E-state index contributed by atoms with van der Waals surface area (Å²) in [7, 11) is 1.65. The van der Waals surface area contributed by atoms with Gasteiger partial charge in [0.05, 0.1) is 13.7 Å². The lowest BCUT2D eigenvalue weighted by Crippen LogP contribution is -2.51. The maximum absolute atomic E-state index is 12.4. The van der Waals surface area contributed by atoms with Gasteiger partial charge < -0.3 is 24.6 Å². The number of benzene rings is 2. The molecule has 1 aliphatic heterocycles. The number of hydrogen-bond acceptors (Lipinski definition) is 5. The normalized spacial score (nSPS) is 13.7. The first-order valence-electron chi connectivity index (χ1n) is 9.68. The highest BCUT2D eigenvalue weighted by Gasteiger charge is 2.21. The smallest absolute Gasteiger partial charge is 0.258 e. The van der Waals surface area contributed by atoms with Gasteiger partial charge >= 0.3 is 0 Å². The van der Waals surface area contributed by atoms with Crippen LogP contribution in [0.15, 0.2) is 48.5 Å². The Hall–Kier alpha value is -3.22. The Morgan fingerprint density at radius 3 is 2.17 bits per heavy atom. The lowest BCUT2D eigenvalue weighted by molar-refractivity contribution is -0.133. The second-order valence-corrected chi connectivity index (χ2v) is 6.94. The number of amides is 2. The molecule has 1 N–H and O–H groups in total. The SMILES string of the molecule is COc1ccc(N2CCN(C(=O)CNC(=O)COc3ccc(C)cc3)CC2)cc1. The van der Waals surface area contributed by atoms with Crippen LogP contribution >= 0.6 is 0 Å². The third kappa shape index (κ3) is 5.88. The van der Waals surface area contributed by atoms with Crippen LogP contribution in [0.3, 0.4) is 0 Å². The molecule has 0 aliphatic carbocycles. The zero-order chi connectivity index (χ0) is 20.6. The Kier molecular flexibility index (Phi) is 6.94. The molecule has 1 fully saturated rings. The number of rotatable bonds is 7. The fourth-order valence-corrected chi connectivity index (χ4v) is 3.13. The van der Waals surface area contributed by atoms with E-state index in [0.29, 0.717) is 18.8 Å². The van der Waals surface area contributed by atoms with E-state index in [2.05, 4.69) is 10.2 Å². The van der Waals surface area contributed by atoms with E-state index in [9.17, 15) is 9.59 Å². The second kappa shape index (κ2) is 9.82. The average molecular weight is 397 g/mol. The molecule has 0 radical (unpaired) electrons. The molecule has 7 nitrogen and oxygen atoms in total. The van der Waals surface area contributed by atoms with Crippen molar-refractivity contribution in [2.45, 2.75) is 6.92 Å². The van der Waals surface area contributed by atoms with Crippen molar-refractivity contribution in [1.82, 2.24) is 10.2 Å². The van der Waals surface area contributed by atoms with E-state index in [4.69, 9.17) is 9.47 Å². The molecule has 2 aromatic carbocycles. The van der Waals surface area contributed by atoms with Crippen molar-refractivity contribution in [3.8, 4) is 11.5 Å². The molecular weight excluding hydrogens is 370 g/mol. The van der Waals surface area contributed by atoms with Gasteiger partial charge in [0.15, 0.2) is 6.61 Å². The van der Waals surface area contributed by atoms with E-state index in [0.717, 1.165) is 30.1 Å². The molecule has 0 bridgehead atoms. The van der Waals surface area contributed by atoms with Crippen LogP contribution in [0.25, 0.3) is 0 Å². The van der Waals surface area contributed by atoms with Crippen LogP contribution in [-0.4, -0.2) is 63.2 Å². The van der Waals surface area contributed by atoms with Gasteiger partial charge in [-0.1, -0.05) is 17.7 Å². The summed E-state index contributed by atoms with van der Waals surface area (Å²) in [5.74, 6) is 1.07. The highest BCUT2D eigenvalue weighted by atomic mass is 16.5. The Morgan fingerprint density at radius 1 is 0.931 bits per heavy atom. The molecule has 1 heterocycles. The first-order valence-corrected chi connectivity index (χ1v) is 9.68. The number of nitrogens with one attached hydrogen (secondary N) is 1. The van der Waals surface area contributed by atoms with Crippen molar-refractivity contribution in [2.24, 2.45) is 0 Å². The monoisotopic (exact) mass is 397 g/mol. The minimum Gasteiger partial charge on any atom is -0.497 e. The quantitative estimate of drug-likeness (QED) is 0.772. The van der Waals surface area contributed by atoms with Gasteiger partial charge in [-0.25, -0.2) is 0 Å². The van der Waals surface area contributed by atoms with E-state index in [1.54, 1.807) is 12.0 Å². The molecule has 3 rings (SSSR count). The molecule has 1 saturated heterocycles. The van der Waals surface area contributed by atoms with Crippen molar-refractivity contribution in [2.75, 3.05) is 51.3 Å². The summed E-state index contributed by atoms with van der Waals surface area (Å²) >= 11 is 0. The Morgan fingerprint density at radius 2 is 1.55 bits per heavy atom. The first kappa shape index (κ1) is 20.5. The molecule has 1 aliphatic rings. The van der Waals surface area contributed by atoms with Gasteiger partial charge in [-0.05, 0) is 43.3 Å². The summed E-state index contributed by atoms with van der Waals surface area (Å²) in [6, 6.07) is 15.4. The van der Waals surface area contributed by atoms with Crippen molar-refractivity contribution in [3.63, 3.8) is 0 Å². The lowest BCUT2D eigenvalue weighted by Gasteiger charge is -2.36. The third-order valence-corrected chi connectivity index (χ3v) is 4.90. The topological polar surface area (TPSA) is 71.1 Å². The van der Waals surface area contributed by atoms with E-state index < -0.39 is 0 Å². The molecule has 154 valence electrons. The van der Waals surface area contributed by atoms with Crippen molar-refractivity contribution in [3.05, 3.63) is 54.1 Å². The van der Waals surface area contributed by atoms with E-state index in [1.165, 1.54) is 0 Å². The summed E-state index contributed by atoms with van der Waals surface area (Å²) < 4.78 is 10.6. The summed E-state index contributed by atoms with van der Waals surface area (Å²) in [5, 5.41) is 2.63. The number of nitrogens with zero attached hydrogens (tertiary/aromatic N) is 2. The number of hydrogen-bond donors (Lipinski definition) is 1. The van der Waals surface area contributed by atoms with Gasteiger partial charge in [-0.3, -0.25) is 9.59 Å². The number of aryl methyl sites for hydroxylation is 1. The summed E-state index contributed by atoms with van der Waals surface area (Å²) in [6.45, 7) is 4.62. The van der Waals surface area contributed by atoms with E-state index >= 15 is 0 Å². The van der Waals surface area contributed by atoms with E-state index in [-0.39, 0.29) is 25.0 Å². The standard InChI is InChI=1S/C22H27N3O4/c1-17-3-7-20(8-4-17)29-16-21(26)23-15-22(27)25-13-11-24(12-14-25)18-5-9-19(28-2)10-6-18/h3-10H,11-16H2,1-2H3,(H,23,26). The number of carbonyl (C=O) groups excluding carboxylic acids is 2. The average Bonchev–Trinajstić information content (AvgIpc) is 2.77. The highest BCUT2D eigenvalue weighted by molar-refractivity contribution is 5.85. The maximum atomic E-state index is 12.4. The fraction of sp³-hybridized carbons (Fsp3) is 0.364. The molecule has 0 saturated carbocycles. The van der Waals surface area contributed by atoms with Gasteiger partial charge in [-0.2, -0.15) is 0 Å². The molecular formula is C22H27N3O4. The summed E-state index contributed by atoms with van der Waals surface area (Å²) in [6.07, 6.45) is 0. The number of methoxy groups -OCH3 is 1. The predicted molar refractivity (Wildman–Crippen MR) is 111 cm³/mol. The first-order chi connectivity index (χ1) is 14.0. The number of anilines is 1. The molecule has 29 heavy (non-hydrogen) atoms. The lowest BCUT2D eigenvalue weighted by atomic mass is 10.2. The zero-order valence-corrected chi connectivity index (χ0v) is 16.9. The number of carbonyl (C=O) groups is 2.